The van der Waals surface area contributed by atoms with Gasteiger partial charge in [-0.05, 0) is 48.6 Å². The Labute approximate surface area is 190 Å². The lowest BCUT2D eigenvalue weighted by atomic mass is 10.0. The number of amides is 2. The van der Waals surface area contributed by atoms with Crippen LogP contribution in [-0.4, -0.2) is 35.9 Å². The monoisotopic (exact) mass is 444 g/mol. The summed E-state index contributed by atoms with van der Waals surface area (Å²) in [5.74, 6) is 0.588. The first-order valence-electron chi connectivity index (χ1n) is 10.9. The van der Waals surface area contributed by atoms with E-state index >= 15 is 0 Å². The first-order chi connectivity index (χ1) is 14.8. The molecule has 2 aromatic carbocycles. The molecule has 5 nitrogen and oxygen atoms in total. The van der Waals surface area contributed by atoms with Gasteiger partial charge in [0.1, 0.15) is 11.8 Å². The predicted octanol–water partition coefficient (Wildman–Crippen LogP) is 5.18. The van der Waals surface area contributed by atoms with Crippen molar-refractivity contribution in [2.24, 2.45) is 0 Å². The Morgan fingerprint density at radius 2 is 1.74 bits per heavy atom. The van der Waals surface area contributed by atoms with Gasteiger partial charge in [0, 0.05) is 18.1 Å². The largest absolute Gasteiger partial charge is 0.484 e. The second-order valence-corrected chi connectivity index (χ2v) is 8.35. The van der Waals surface area contributed by atoms with Crippen molar-refractivity contribution < 1.29 is 14.3 Å². The Hall–Kier alpha value is -2.53. The summed E-state index contributed by atoms with van der Waals surface area (Å²) in [6, 6.07) is 14.4. The van der Waals surface area contributed by atoms with Crippen LogP contribution < -0.4 is 10.1 Å². The fourth-order valence-electron chi connectivity index (χ4n) is 3.11. The van der Waals surface area contributed by atoms with Crippen molar-refractivity contribution in [3.05, 3.63) is 64.7 Å². The molecule has 1 atom stereocenters. The van der Waals surface area contributed by atoms with E-state index in [4.69, 9.17) is 16.3 Å². The topological polar surface area (TPSA) is 58.6 Å². The Morgan fingerprint density at radius 1 is 1.06 bits per heavy atom. The summed E-state index contributed by atoms with van der Waals surface area (Å²) in [6.45, 7) is 8.71. The molecule has 2 rings (SSSR count). The zero-order valence-corrected chi connectivity index (χ0v) is 19.6. The summed E-state index contributed by atoms with van der Waals surface area (Å²) in [4.78, 5) is 27.2. The van der Waals surface area contributed by atoms with Crippen LogP contribution in [0, 0.1) is 0 Å². The van der Waals surface area contributed by atoms with Gasteiger partial charge in [-0.25, -0.2) is 0 Å². The van der Waals surface area contributed by atoms with E-state index in [1.165, 1.54) is 10.5 Å². The third-order valence-corrected chi connectivity index (χ3v) is 5.57. The van der Waals surface area contributed by atoms with Crippen molar-refractivity contribution >= 4 is 23.4 Å². The second-order valence-electron chi connectivity index (χ2n) is 7.95. The molecule has 0 fully saturated rings. The number of carbonyl (C=O) groups excluding carboxylic acids is 2. The number of carbonyl (C=O) groups is 2. The molecule has 0 unspecified atom stereocenters. The van der Waals surface area contributed by atoms with Crippen molar-refractivity contribution in [2.75, 3.05) is 13.2 Å². The van der Waals surface area contributed by atoms with Crippen LogP contribution in [0.25, 0.3) is 0 Å². The lowest BCUT2D eigenvalue weighted by Crippen LogP contribution is -2.49. The molecular formula is C25H33ClN2O3. The first-order valence-corrected chi connectivity index (χ1v) is 11.2. The van der Waals surface area contributed by atoms with Crippen LogP contribution in [0.15, 0.2) is 48.5 Å². The Balaban J connectivity index is 2.11. The molecule has 0 saturated carbocycles. The van der Waals surface area contributed by atoms with Crippen molar-refractivity contribution in [1.82, 2.24) is 10.2 Å². The quantitative estimate of drug-likeness (QED) is 0.486. The average Bonchev–Trinajstić information content (AvgIpc) is 2.76. The van der Waals surface area contributed by atoms with E-state index in [1.807, 2.05) is 42.5 Å². The van der Waals surface area contributed by atoms with Gasteiger partial charge >= 0.3 is 0 Å². The van der Waals surface area contributed by atoms with Crippen LogP contribution in [0.2, 0.25) is 5.02 Å². The second kappa shape index (κ2) is 12.4. The summed E-state index contributed by atoms with van der Waals surface area (Å²) < 4.78 is 5.72. The van der Waals surface area contributed by atoms with Gasteiger partial charge in [-0.2, -0.15) is 0 Å². The van der Waals surface area contributed by atoms with Gasteiger partial charge in [-0.15, -0.1) is 0 Å². The van der Waals surface area contributed by atoms with Crippen LogP contribution in [0.4, 0.5) is 0 Å². The van der Waals surface area contributed by atoms with Gasteiger partial charge in [0.25, 0.3) is 5.91 Å². The fraction of sp³-hybridized carbons (Fsp3) is 0.440. The number of unbranched alkanes of at least 4 members (excludes halogenated alkanes) is 1. The standard InChI is InChI=1S/C25H33ClN2O3/c1-5-6-15-27-25(30)19(4)28(16-21-9-7-8-10-23(21)26)24(29)17-31-22-13-11-20(12-14-22)18(2)3/h7-14,18-19H,5-6,15-17H2,1-4H3,(H,27,30)/t19-/m1/s1. The van der Waals surface area contributed by atoms with E-state index in [0.717, 1.165) is 18.4 Å². The molecule has 0 aromatic heterocycles. The first kappa shape index (κ1) is 24.7. The van der Waals surface area contributed by atoms with Crippen molar-refractivity contribution in [3.8, 4) is 5.75 Å². The van der Waals surface area contributed by atoms with Gasteiger partial charge in [-0.1, -0.05) is 69.1 Å². The van der Waals surface area contributed by atoms with E-state index in [1.54, 1.807) is 13.0 Å². The number of halogens is 1. The van der Waals surface area contributed by atoms with Gasteiger partial charge in [0.05, 0.1) is 0 Å². The van der Waals surface area contributed by atoms with Crippen LogP contribution in [0.5, 0.6) is 5.75 Å². The van der Waals surface area contributed by atoms with E-state index < -0.39 is 6.04 Å². The average molecular weight is 445 g/mol. The maximum absolute atomic E-state index is 13.1. The molecule has 0 spiro atoms. The summed E-state index contributed by atoms with van der Waals surface area (Å²) in [5.41, 5.74) is 1.99. The zero-order chi connectivity index (χ0) is 22.8. The minimum Gasteiger partial charge on any atom is -0.484 e. The van der Waals surface area contributed by atoms with Gasteiger partial charge in [0.15, 0.2) is 6.61 Å². The van der Waals surface area contributed by atoms with E-state index in [2.05, 4.69) is 26.1 Å². The summed E-state index contributed by atoms with van der Waals surface area (Å²) in [5, 5.41) is 3.46. The Morgan fingerprint density at radius 3 is 2.35 bits per heavy atom. The molecular weight excluding hydrogens is 412 g/mol. The van der Waals surface area contributed by atoms with Crippen LogP contribution in [0.3, 0.4) is 0 Å². The van der Waals surface area contributed by atoms with Gasteiger partial charge in [-0.3, -0.25) is 9.59 Å². The zero-order valence-electron chi connectivity index (χ0n) is 18.9. The smallest absolute Gasteiger partial charge is 0.261 e. The van der Waals surface area contributed by atoms with Crippen molar-refractivity contribution in [2.45, 2.75) is 59.0 Å². The highest BCUT2D eigenvalue weighted by Crippen LogP contribution is 2.20. The molecule has 0 aliphatic heterocycles. The minimum absolute atomic E-state index is 0.155. The predicted molar refractivity (Wildman–Crippen MR) is 125 cm³/mol. The molecule has 0 saturated heterocycles. The van der Waals surface area contributed by atoms with Gasteiger partial charge in [0.2, 0.25) is 5.91 Å². The lowest BCUT2D eigenvalue weighted by Gasteiger charge is -2.29. The Bertz CT molecular complexity index is 852. The molecule has 0 bridgehead atoms. The molecule has 0 radical (unpaired) electrons. The lowest BCUT2D eigenvalue weighted by molar-refractivity contribution is -0.142. The van der Waals surface area contributed by atoms with Crippen LogP contribution >= 0.6 is 11.6 Å². The Kier molecular flexibility index (Phi) is 9.86. The fourth-order valence-corrected chi connectivity index (χ4v) is 3.30. The highest BCUT2D eigenvalue weighted by molar-refractivity contribution is 6.31. The number of nitrogens with one attached hydrogen (secondary N) is 1. The van der Waals surface area contributed by atoms with E-state index in [0.29, 0.717) is 23.2 Å². The number of benzene rings is 2. The SMILES string of the molecule is CCCCNC(=O)[C@@H](C)N(Cc1ccccc1Cl)C(=O)COc1ccc(C(C)C)cc1. The molecule has 1 N–H and O–H groups in total. The number of rotatable bonds is 11. The normalized spacial score (nSPS) is 11.8. The van der Waals surface area contributed by atoms with Crippen LogP contribution in [-0.2, 0) is 16.1 Å². The highest BCUT2D eigenvalue weighted by atomic mass is 35.5. The number of hydrogen-bond acceptors (Lipinski definition) is 3. The number of nitrogens with zero attached hydrogens (tertiary/aromatic N) is 1. The van der Waals surface area contributed by atoms with Gasteiger partial charge < -0.3 is 15.0 Å². The highest BCUT2D eigenvalue weighted by Gasteiger charge is 2.27. The third kappa shape index (κ3) is 7.59. The van der Waals surface area contributed by atoms with Crippen LogP contribution in [0.1, 0.15) is 57.6 Å². The molecule has 6 heteroatoms. The summed E-state index contributed by atoms with van der Waals surface area (Å²) in [6.07, 6.45) is 1.88. The molecule has 0 aliphatic carbocycles. The molecule has 0 aliphatic rings. The summed E-state index contributed by atoms with van der Waals surface area (Å²) >= 11 is 6.30. The minimum atomic E-state index is -0.646. The van der Waals surface area contributed by atoms with Crippen molar-refractivity contribution in [1.29, 1.82) is 0 Å². The number of hydrogen-bond donors (Lipinski definition) is 1. The van der Waals surface area contributed by atoms with E-state index in [-0.39, 0.29) is 25.0 Å². The molecule has 168 valence electrons. The molecule has 2 aromatic rings. The molecule has 2 amide bonds. The van der Waals surface area contributed by atoms with Crippen molar-refractivity contribution in [3.63, 3.8) is 0 Å². The third-order valence-electron chi connectivity index (χ3n) is 5.20. The van der Waals surface area contributed by atoms with E-state index in [9.17, 15) is 9.59 Å². The molecule has 0 heterocycles. The number of ether oxygens (including phenoxy) is 1. The molecule has 31 heavy (non-hydrogen) atoms. The summed E-state index contributed by atoms with van der Waals surface area (Å²) in [7, 11) is 0. The maximum atomic E-state index is 13.1. The maximum Gasteiger partial charge on any atom is 0.261 e.